The predicted octanol–water partition coefficient (Wildman–Crippen LogP) is 5.16. The van der Waals surface area contributed by atoms with Crippen LogP contribution < -0.4 is 15.5 Å². The van der Waals surface area contributed by atoms with Gasteiger partial charge in [0, 0.05) is 23.5 Å². The lowest BCUT2D eigenvalue weighted by Crippen LogP contribution is -2.22. The van der Waals surface area contributed by atoms with E-state index in [1.54, 1.807) is 17.9 Å². The quantitative estimate of drug-likeness (QED) is 0.336. The molecule has 4 aromatic rings. The normalized spacial score (nSPS) is 15.3. The molecule has 1 amide bonds. The van der Waals surface area contributed by atoms with Crippen molar-refractivity contribution in [2.24, 2.45) is 0 Å². The molecule has 0 unspecified atom stereocenters. The molecular weight excluding hydrogens is 516 g/mol. The highest BCUT2D eigenvalue weighted by atomic mass is 19.4. The summed E-state index contributed by atoms with van der Waals surface area (Å²) in [7, 11) is 0. The van der Waals surface area contributed by atoms with Crippen molar-refractivity contribution in [3.63, 3.8) is 0 Å². The number of nitriles is 1. The van der Waals surface area contributed by atoms with Gasteiger partial charge >= 0.3 is 6.18 Å². The number of nitrogens with zero attached hydrogens (tertiary/aromatic N) is 6. The van der Waals surface area contributed by atoms with Crippen LogP contribution in [-0.4, -0.2) is 45.1 Å². The molecule has 13 heteroatoms. The lowest BCUT2D eigenvalue weighted by Gasteiger charge is -2.16. The van der Waals surface area contributed by atoms with Gasteiger partial charge in [-0.3, -0.25) is 4.79 Å². The van der Waals surface area contributed by atoms with E-state index >= 15 is 0 Å². The number of rotatable bonds is 5. The number of amides is 1. The maximum atomic E-state index is 13.7. The average Bonchev–Trinajstić information content (AvgIpc) is 3.35. The van der Waals surface area contributed by atoms with Crippen molar-refractivity contribution in [1.29, 1.82) is 5.26 Å². The molecule has 0 saturated carbocycles. The Morgan fingerprint density at radius 3 is 2.69 bits per heavy atom. The van der Waals surface area contributed by atoms with Gasteiger partial charge in [-0.1, -0.05) is 6.07 Å². The third-order valence-electron chi connectivity index (χ3n) is 6.23. The molecule has 2 aromatic carbocycles. The molecule has 2 aromatic heterocycles. The zero-order valence-corrected chi connectivity index (χ0v) is 20.4. The van der Waals surface area contributed by atoms with Crippen LogP contribution in [0.15, 0.2) is 48.9 Å². The number of anilines is 4. The topological polar surface area (TPSA) is 120 Å². The molecule has 1 atom stereocenters. The summed E-state index contributed by atoms with van der Waals surface area (Å²) in [5.41, 5.74) is 0.499. The van der Waals surface area contributed by atoms with E-state index in [9.17, 15) is 22.4 Å². The van der Waals surface area contributed by atoms with Crippen molar-refractivity contribution >= 4 is 40.1 Å². The van der Waals surface area contributed by atoms with Gasteiger partial charge in [0.1, 0.15) is 23.5 Å². The summed E-state index contributed by atoms with van der Waals surface area (Å²) < 4.78 is 53.6. The smallest absolute Gasteiger partial charge is 0.338 e. The van der Waals surface area contributed by atoms with E-state index in [2.05, 4.69) is 30.6 Å². The van der Waals surface area contributed by atoms with Gasteiger partial charge in [-0.05, 0) is 49.2 Å². The maximum Gasteiger partial charge on any atom is 0.417 e. The van der Waals surface area contributed by atoms with Gasteiger partial charge in [-0.15, -0.1) is 0 Å². The third-order valence-corrected chi connectivity index (χ3v) is 6.23. The molecule has 0 aliphatic carbocycles. The standard InChI is InChI=1S/C26H20F4N8O/c1-14-2-3-15(24(39)35-18-5-4-16(10-31)19(9-18)26(28,29)30)8-20(14)36-23-22-21(33-13-34-23)11-32-25(37-22)38-7-6-17(27)12-38/h2-5,8-9,11,13,17H,6-7,12H2,1H3,(H,35,39)(H,33,34,36)/t17-/m0/s1. The fourth-order valence-corrected chi connectivity index (χ4v) is 4.17. The number of alkyl halides is 4. The van der Waals surface area contributed by atoms with Gasteiger partial charge < -0.3 is 15.5 Å². The highest BCUT2D eigenvalue weighted by molar-refractivity contribution is 6.05. The Morgan fingerprint density at radius 1 is 1.15 bits per heavy atom. The summed E-state index contributed by atoms with van der Waals surface area (Å²) in [5, 5.41) is 14.6. The lowest BCUT2D eigenvalue weighted by atomic mass is 10.1. The molecule has 0 spiro atoms. The molecule has 39 heavy (non-hydrogen) atoms. The predicted molar refractivity (Wildman–Crippen MR) is 135 cm³/mol. The number of aryl methyl sites for hydroxylation is 1. The second-order valence-electron chi connectivity index (χ2n) is 8.94. The Kier molecular flexibility index (Phi) is 6.69. The van der Waals surface area contributed by atoms with Gasteiger partial charge in [0.05, 0.1) is 29.9 Å². The second kappa shape index (κ2) is 10.1. The van der Waals surface area contributed by atoms with Crippen LogP contribution in [0.2, 0.25) is 0 Å². The van der Waals surface area contributed by atoms with E-state index in [1.807, 2.05) is 0 Å². The number of carbonyl (C=O) groups excluding carboxylic acids is 1. The van der Waals surface area contributed by atoms with Gasteiger partial charge in [-0.2, -0.15) is 18.4 Å². The molecule has 3 heterocycles. The summed E-state index contributed by atoms with van der Waals surface area (Å²) in [6, 6.07) is 9.20. The average molecular weight is 536 g/mol. The summed E-state index contributed by atoms with van der Waals surface area (Å²) in [6.45, 7) is 2.49. The number of aromatic nitrogens is 4. The van der Waals surface area contributed by atoms with Crippen LogP contribution in [0.4, 0.5) is 40.7 Å². The largest absolute Gasteiger partial charge is 0.417 e. The first kappa shape index (κ1) is 25.8. The first-order valence-electron chi connectivity index (χ1n) is 11.8. The minimum atomic E-state index is -4.75. The Bertz CT molecular complexity index is 1620. The molecule has 0 bridgehead atoms. The molecule has 1 aliphatic rings. The number of halogens is 4. The summed E-state index contributed by atoms with van der Waals surface area (Å²) in [5.74, 6) is 0.0380. The SMILES string of the molecule is Cc1ccc(C(=O)Nc2ccc(C#N)c(C(F)(F)F)c2)cc1Nc1ncnc2cnc(N3CC[C@H](F)C3)nc12. The van der Waals surface area contributed by atoms with Crippen LogP contribution in [0.25, 0.3) is 11.0 Å². The van der Waals surface area contributed by atoms with E-state index in [0.717, 1.165) is 17.7 Å². The molecule has 5 rings (SSSR count). The summed E-state index contributed by atoms with van der Waals surface area (Å²) in [6.07, 6.45) is -2.45. The Hall–Kier alpha value is -4.86. The van der Waals surface area contributed by atoms with Crippen LogP contribution in [0.1, 0.15) is 33.5 Å². The second-order valence-corrected chi connectivity index (χ2v) is 8.94. The minimum Gasteiger partial charge on any atom is -0.338 e. The first-order valence-corrected chi connectivity index (χ1v) is 11.8. The Labute approximate surface area is 219 Å². The van der Waals surface area contributed by atoms with Crippen molar-refractivity contribution in [3.8, 4) is 6.07 Å². The van der Waals surface area contributed by atoms with Crippen LogP contribution in [-0.2, 0) is 6.18 Å². The van der Waals surface area contributed by atoms with Crippen LogP contribution >= 0.6 is 0 Å². The summed E-state index contributed by atoms with van der Waals surface area (Å²) >= 11 is 0. The highest BCUT2D eigenvalue weighted by Gasteiger charge is 2.34. The van der Waals surface area contributed by atoms with Crippen molar-refractivity contribution in [1.82, 2.24) is 19.9 Å². The Morgan fingerprint density at radius 2 is 1.97 bits per heavy atom. The monoisotopic (exact) mass is 536 g/mol. The molecule has 1 saturated heterocycles. The lowest BCUT2D eigenvalue weighted by molar-refractivity contribution is -0.137. The van der Waals surface area contributed by atoms with Crippen molar-refractivity contribution < 1.29 is 22.4 Å². The Balaban J connectivity index is 1.42. The number of nitrogens with one attached hydrogen (secondary N) is 2. The molecule has 1 aliphatic heterocycles. The highest BCUT2D eigenvalue weighted by Crippen LogP contribution is 2.34. The van der Waals surface area contributed by atoms with E-state index in [0.29, 0.717) is 41.5 Å². The van der Waals surface area contributed by atoms with Gasteiger partial charge in [0.25, 0.3) is 5.91 Å². The minimum absolute atomic E-state index is 0.107. The summed E-state index contributed by atoms with van der Waals surface area (Å²) in [4.78, 5) is 31.9. The molecule has 1 fully saturated rings. The number of carbonyl (C=O) groups is 1. The number of fused-ring (bicyclic) bond motifs is 1. The number of benzene rings is 2. The van der Waals surface area contributed by atoms with Crippen molar-refractivity contribution in [3.05, 3.63) is 71.2 Å². The van der Waals surface area contributed by atoms with E-state index < -0.39 is 29.4 Å². The zero-order chi connectivity index (χ0) is 27.7. The van der Waals surface area contributed by atoms with E-state index in [1.165, 1.54) is 36.8 Å². The maximum absolute atomic E-state index is 13.7. The van der Waals surface area contributed by atoms with E-state index in [-0.39, 0.29) is 17.8 Å². The first-order chi connectivity index (χ1) is 18.6. The molecule has 0 radical (unpaired) electrons. The fraction of sp³-hybridized carbons (Fsp3) is 0.231. The fourth-order valence-electron chi connectivity index (χ4n) is 4.17. The molecule has 198 valence electrons. The number of hydrogen-bond donors (Lipinski definition) is 2. The van der Waals surface area contributed by atoms with Crippen molar-refractivity contribution in [2.75, 3.05) is 28.6 Å². The third kappa shape index (κ3) is 5.40. The van der Waals surface area contributed by atoms with Crippen molar-refractivity contribution in [2.45, 2.75) is 25.7 Å². The van der Waals surface area contributed by atoms with Crippen LogP contribution in [0.5, 0.6) is 0 Å². The molecular formula is C26H20F4N8O. The molecule has 2 N–H and O–H groups in total. The van der Waals surface area contributed by atoms with Gasteiger partial charge in [0.15, 0.2) is 5.82 Å². The zero-order valence-electron chi connectivity index (χ0n) is 20.4. The van der Waals surface area contributed by atoms with E-state index in [4.69, 9.17) is 5.26 Å². The molecule has 9 nitrogen and oxygen atoms in total. The van der Waals surface area contributed by atoms with Crippen LogP contribution in [0, 0.1) is 18.3 Å². The van der Waals surface area contributed by atoms with Crippen LogP contribution in [0.3, 0.4) is 0 Å². The van der Waals surface area contributed by atoms with Gasteiger partial charge in [0.2, 0.25) is 5.95 Å². The van der Waals surface area contributed by atoms with Gasteiger partial charge in [-0.25, -0.2) is 24.3 Å². The number of hydrogen-bond acceptors (Lipinski definition) is 8.